The second kappa shape index (κ2) is 6.38. The predicted molar refractivity (Wildman–Crippen MR) is 90.1 cm³/mol. The van der Waals surface area contributed by atoms with Gasteiger partial charge in [-0.05, 0) is 61.5 Å². The van der Waals surface area contributed by atoms with E-state index in [0.717, 1.165) is 38.5 Å². The fourth-order valence-corrected chi connectivity index (χ4v) is 4.31. The van der Waals surface area contributed by atoms with Crippen molar-refractivity contribution in [1.82, 2.24) is 0 Å². The molecule has 3 nitrogen and oxygen atoms in total. The van der Waals surface area contributed by atoms with Gasteiger partial charge in [0.1, 0.15) is 0 Å². The Morgan fingerprint density at radius 3 is 2.96 bits per heavy atom. The molecule has 0 aliphatic heterocycles. The number of carbonyl (C=O) groups is 1. The first-order valence-electron chi connectivity index (χ1n) is 8.65. The first-order chi connectivity index (χ1) is 11.0. The molecule has 2 aliphatic carbocycles. The van der Waals surface area contributed by atoms with Crippen LogP contribution in [0.3, 0.4) is 0 Å². The number of aryl methyl sites for hydroxylation is 1. The van der Waals surface area contributed by atoms with Crippen LogP contribution in [0.2, 0.25) is 0 Å². The fourth-order valence-electron chi connectivity index (χ4n) is 4.31. The number of allylic oxidation sites excluding steroid dienone is 3. The highest BCUT2D eigenvalue weighted by molar-refractivity contribution is 5.87. The Hall–Kier alpha value is -1.77. The molecule has 2 atom stereocenters. The molecule has 1 aromatic rings. The van der Waals surface area contributed by atoms with E-state index in [1.807, 2.05) is 18.4 Å². The third-order valence-electron chi connectivity index (χ3n) is 6.06. The number of hydrogen-bond acceptors (Lipinski definition) is 2. The molecule has 124 valence electrons. The van der Waals surface area contributed by atoms with E-state index in [0.29, 0.717) is 17.9 Å². The Morgan fingerprint density at radius 1 is 1.43 bits per heavy atom. The maximum atomic E-state index is 11.4. The van der Waals surface area contributed by atoms with Gasteiger partial charge in [0.25, 0.3) is 0 Å². The van der Waals surface area contributed by atoms with Crippen molar-refractivity contribution >= 4 is 5.97 Å². The highest BCUT2D eigenvalue weighted by atomic mass is 16.4. The van der Waals surface area contributed by atoms with Gasteiger partial charge in [-0.3, -0.25) is 0 Å². The van der Waals surface area contributed by atoms with Crippen molar-refractivity contribution in [3.8, 4) is 0 Å². The number of aliphatic carboxylic acids is 1. The van der Waals surface area contributed by atoms with Crippen molar-refractivity contribution in [1.29, 1.82) is 0 Å². The molecule has 0 aromatic carbocycles. The van der Waals surface area contributed by atoms with Gasteiger partial charge in [-0.2, -0.15) is 0 Å². The third-order valence-corrected chi connectivity index (χ3v) is 6.06. The molecule has 0 radical (unpaired) electrons. The van der Waals surface area contributed by atoms with E-state index in [4.69, 9.17) is 4.42 Å². The van der Waals surface area contributed by atoms with Crippen LogP contribution in [0.25, 0.3) is 0 Å². The quantitative estimate of drug-likeness (QED) is 0.783. The molecule has 1 N–H and O–H groups in total. The van der Waals surface area contributed by atoms with E-state index >= 15 is 0 Å². The summed E-state index contributed by atoms with van der Waals surface area (Å²) in [6.07, 6.45) is 12.4. The van der Waals surface area contributed by atoms with Crippen LogP contribution in [0.15, 0.2) is 45.8 Å². The summed E-state index contributed by atoms with van der Waals surface area (Å²) < 4.78 is 5.20. The first kappa shape index (κ1) is 16.1. The number of carboxylic acid groups (broad SMARTS) is 1. The van der Waals surface area contributed by atoms with Gasteiger partial charge in [0.15, 0.2) is 0 Å². The van der Waals surface area contributed by atoms with E-state index in [2.05, 4.69) is 13.8 Å². The summed E-state index contributed by atoms with van der Waals surface area (Å²) in [5.41, 5.74) is 4.94. The lowest BCUT2D eigenvalue weighted by Crippen LogP contribution is -2.33. The molecule has 0 fully saturated rings. The zero-order chi connectivity index (χ0) is 16.4. The van der Waals surface area contributed by atoms with Gasteiger partial charge in [0.05, 0.1) is 12.5 Å². The molecule has 23 heavy (non-hydrogen) atoms. The van der Waals surface area contributed by atoms with E-state index in [1.165, 1.54) is 16.7 Å². The summed E-state index contributed by atoms with van der Waals surface area (Å²) in [7, 11) is 0. The summed E-state index contributed by atoms with van der Waals surface area (Å²) >= 11 is 0. The molecule has 3 rings (SSSR count). The normalized spacial score (nSPS) is 28.1. The van der Waals surface area contributed by atoms with Crippen LogP contribution in [0.5, 0.6) is 0 Å². The minimum atomic E-state index is -0.752. The monoisotopic (exact) mass is 314 g/mol. The van der Waals surface area contributed by atoms with Crippen molar-refractivity contribution in [3.05, 3.63) is 47.0 Å². The Labute approximate surface area is 138 Å². The minimum absolute atomic E-state index is 0.173. The lowest BCUT2D eigenvalue weighted by molar-refractivity contribution is -0.132. The zero-order valence-corrected chi connectivity index (χ0v) is 14.1. The molecule has 2 aliphatic rings. The molecule has 1 heterocycles. The Balaban J connectivity index is 1.86. The van der Waals surface area contributed by atoms with Crippen LogP contribution in [0.4, 0.5) is 0 Å². The lowest BCUT2D eigenvalue weighted by Gasteiger charge is -2.44. The molecular formula is C20H26O3. The fraction of sp³-hybridized carbons (Fsp3) is 0.550. The molecule has 0 saturated heterocycles. The molecular weight excluding hydrogens is 288 g/mol. The number of furan rings is 1. The van der Waals surface area contributed by atoms with E-state index in [9.17, 15) is 9.90 Å². The highest BCUT2D eigenvalue weighted by Gasteiger charge is 2.39. The maximum Gasteiger partial charge on any atom is 0.331 e. The van der Waals surface area contributed by atoms with Crippen LogP contribution in [-0.2, 0) is 11.2 Å². The van der Waals surface area contributed by atoms with Gasteiger partial charge < -0.3 is 9.52 Å². The SMILES string of the molecule is C[C@@H]1CCC2=C(CCC=C(C(=O)O)C2)[C@@]1(C)CCc1ccoc1. The largest absolute Gasteiger partial charge is 0.478 e. The van der Waals surface area contributed by atoms with Crippen LogP contribution in [0, 0.1) is 11.3 Å². The Morgan fingerprint density at radius 2 is 2.26 bits per heavy atom. The van der Waals surface area contributed by atoms with Crippen molar-refractivity contribution < 1.29 is 14.3 Å². The van der Waals surface area contributed by atoms with Crippen molar-refractivity contribution in [2.24, 2.45) is 11.3 Å². The topological polar surface area (TPSA) is 50.4 Å². The van der Waals surface area contributed by atoms with Crippen LogP contribution < -0.4 is 0 Å². The molecule has 0 spiro atoms. The number of rotatable bonds is 4. The molecule has 1 aromatic heterocycles. The van der Waals surface area contributed by atoms with Crippen molar-refractivity contribution in [2.75, 3.05) is 0 Å². The van der Waals surface area contributed by atoms with Gasteiger partial charge >= 0.3 is 5.97 Å². The molecule has 0 bridgehead atoms. The molecule has 0 amide bonds. The van der Waals surface area contributed by atoms with E-state index < -0.39 is 5.97 Å². The average molecular weight is 314 g/mol. The van der Waals surface area contributed by atoms with Crippen LogP contribution in [0.1, 0.15) is 57.9 Å². The van der Waals surface area contributed by atoms with Crippen molar-refractivity contribution in [2.45, 2.75) is 58.8 Å². The molecule has 3 heteroatoms. The maximum absolute atomic E-state index is 11.4. The van der Waals surface area contributed by atoms with Gasteiger partial charge in [-0.1, -0.05) is 31.1 Å². The third kappa shape index (κ3) is 3.15. The van der Waals surface area contributed by atoms with E-state index in [-0.39, 0.29) is 5.41 Å². The van der Waals surface area contributed by atoms with Gasteiger partial charge in [-0.25, -0.2) is 4.79 Å². The average Bonchev–Trinajstić information content (AvgIpc) is 2.94. The number of carboxylic acids is 1. The minimum Gasteiger partial charge on any atom is -0.478 e. The zero-order valence-electron chi connectivity index (χ0n) is 14.1. The van der Waals surface area contributed by atoms with Gasteiger partial charge in [-0.15, -0.1) is 0 Å². The lowest BCUT2D eigenvalue weighted by atomic mass is 9.61. The predicted octanol–water partition coefficient (Wildman–Crippen LogP) is 5.14. The Kier molecular flexibility index (Phi) is 4.47. The second-order valence-corrected chi connectivity index (χ2v) is 7.32. The molecule has 0 saturated carbocycles. The second-order valence-electron chi connectivity index (χ2n) is 7.32. The summed E-state index contributed by atoms with van der Waals surface area (Å²) in [6.45, 7) is 4.74. The van der Waals surface area contributed by atoms with Crippen molar-refractivity contribution in [3.63, 3.8) is 0 Å². The number of hydrogen-bond donors (Lipinski definition) is 1. The summed E-state index contributed by atoms with van der Waals surface area (Å²) in [6, 6.07) is 2.04. The van der Waals surface area contributed by atoms with E-state index in [1.54, 1.807) is 6.26 Å². The standard InChI is InChI=1S/C20H26O3/c1-14-6-7-16-12-17(19(21)22)4-3-5-18(16)20(14,2)10-8-15-9-11-23-13-15/h4,9,11,13-14H,3,5-8,10,12H2,1-2H3,(H,21,22)/t14-,20+/m1/s1. The Bertz CT molecular complexity index is 636. The summed E-state index contributed by atoms with van der Waals surface area (Å²) in [5.74, 6) is -0.114. The van der Waals surface area contributed by atoms with Crippen LogP contribution in [-0.4, -0.2) is 11.1 Å². The smallest absolute Gasteiger partial charge is 0.331 e. The molecule has 0 unspecified atom stereocenters. The summed E-state index contributed by atoms with van der Waals surface area (Å²) in [5, 5.41) is 9.36. The first-order valence-corrected chi connectivity index (χ1v) is 8.65. The van der Waals surface area contributed by atoms with Crippen LogP contribution >= 0.6 is 0 Å². The van der Waals surface area contributed by atoms with Gasteiger partial charge in [0.2, 0.25) is 0 Å². The van der Waals surface area contributed by atoms with Gasteiger partial charge in [0, 0.05) is 12.0 Å². The summed E-state index contributed by atoms with van der Waals surface area (Å²) in [4.78, 5) is 11.4. The highest BCUT2D eigenvalue weighted by Crippen LogP contribution is 2.51.